The van der Waals surface area contributed by atoms with Crippen LogP contribution in [0.15, 0.2) is 12.1 Å². The molecular weight excluding hydrogens is 250 g/mol. The van der Waals surface area contributed by atoms with Gasteiger partial charge in [-0.25, -0.2) is 0 Å². The number of nitrogens with zero attached hydrogens (tertiary/aromatic N) is 1. The lowest BCUT2D eigenvalue weighted by Crippen LogP contribution is -2.42. The van der Waals surface area contributed by atoms with Crippen molar-refractivity contribution in [2.24, 2.45) is 0 Å². The van der Waals surface area contributed by atoms with Crippen molar-refractivity contribution in [2.75, 3.05) is 0 Å². The molecule has 1 aromatic rings. The Bertz CT molecular complexity index is 539. The minimum atomic E-state index is -1.76. The minimum absolute atomic E-state index is 0.713. The minimum Gasteiger partial charge on any atom is -0.396 e. The van der Waals surface area contributed by atoms with E-state index in [0.29, 0.717) is 0 Å². The summed E-state index contributed by atoms with van der Waals surface area (Å²) in [4.78, 5) is 0. The van der Waals surface area contributed by atoms with Gasteiger partial charge < -0.3 is 4.43 Å². The summed E-state index contributed by atoms with van der Waals surface area (Å²) in [7, 11) is -1.76. The summed E-state index contributed by atoms with van der Waals surface area (Å²) in [5.41, 5.74) is 4.26. The molecule has 0 aliphatic heterocycles. The van der Waals surface area contributed by atoms with Gasteiger partial charge in [0.1, 0.15) is 6.07 Å². The van der Waals surface area contributed by atoms with Crippen LogP contribution in [0, 0.1) is 25.2 Å². The number of rotatable bonds is 2. The van der Waals surface area contributed by atoms with Crippen molar-refractivity contribution in [3.05, 3.63) is 34.4 Å². The molecule has 1 aliphatic carbocycles. The van der Waals surface area contributed by atoms with Gasteiger partial charge in [0.2, 0.25) is 0 Å². The number of benzene rings is 1. The molecule has 0 amide bonds. The van der Waals surface area contributed by atoms with Crippen LogP contribution in [-0.2, 0) is 16.4 Å². The van der Waals surface area contributed by atoms with Crippen LogP contribution < -0.4 is 0 Å². The third-order valence-corrected chi connectivity index (χ3v) is 4.63. The molecule has 1 aliphatic rings. The van der Waals surface area contributed by atoms with Gasteiger partial charge in [0, 0.05) is 5.56 Å². The Kier molecular flexibility index (Phi) is 3.59. The molecule has 0 spiro atoms. The van der Waals surface area contributed by atoms with Gasteiger partial charge in [0.15, 0.2) is 13.9 Å². The topological polar surface area (TPSA) is 33.0 Å². The molecule has 1 aromatic carbocycles. The molecule has 0 saturated carbocycles. The fourth-order valence-electron chi connectivity index (χ4n) is 3.11. The van der Waals surface area contributed by atoms with E-state index in [4.69, 9.17) is 4.43 Å². The van der Waals surface area contributed by atoms with Gasteiger partial charge in [-0.3, -0.25) is 0 Å². The quantitative estimate of drug-likeness (QED) is 0.756. The first kappa shape index (κ1) is 14.3. The van der Waals surface area contributed by atoms with Gasteiger partial charge in [0.05, 0.1) is 0 Å². The molecule has 2 rings (SSSR count). The molecule has 19 heavy (non-hydrogen) atoms. The molecule has 0 fully saturated rings. The monoisotopic (exact) mass is 273 g/mol. The van der Waals surface area contributed by atoms with Crippen molar-refractivity contribution in [2.45, 2.75) is 58.4 Å². The van der Waals surface area contributed by atoms with Gasteiger partial charge >= 0.3 is 0 Å². The highest BCUT2D eigenvalue weighted by Crippen LogP contribution is 2.41. The van der Waals surface area contributed by atoms with Crippen molar-refractivity contribution in [3.8, 4) is 6.07 Å². The zero-order valence-electron chi connectivity index (χ0n) is 12.6. The van der Waals surface area contributed by atoms with Crippen LogP contribution in [0.3, 0.4) is 0 Å². The first-order valence-electron chi connectivity index (χ1n) is 6.99. The number of aryl methyl sites for hydroxylation is 2. The van der Waals surface area contributed by atoms with Crippen LogP contribution in [0.5, 0.6) is 0 Å². The maximum absolute atomic E-state index is 9.78. The molecule has 3 heteroatoms. The Labute approximate surface area is 117 Å². The van der Waals surface area contributed by atoms with Crippen molar-refractivity contribution in [1.82, 2.24) is 0 Å². The number of nitriles is 1. The lowest BCUT2D eigenvalue weighted by Gasteiger charge is -2.39. The highest BCUT2D eigenvalue weighted by Gasteiger charge is 2.41. The summed E-state index contributed by atoms with van der Waals surface area (Å²) < 4.78 is 6.33. The SMILES string of the molecule is Cc1cc(C)c2c(c1)C(C#N)(O[Si](C)(C)C)CCC2. The highest BCUT2D eigenvalue weighted by atomic mass is 28.4. The summed E-state index contributed by atoms with van der Waals surface area (Å²) in [6.07, 6.45) is 2.93. The third-order valence-electron chi connectivity index (χ3n) is 3.67. The Morgan fingerprint density at radius 1 is 1.26 bits per heavy atom. The summed E-state index contributed by atoms with van der Waals surface area (Å²) in [6.45, 7) is 10.7. The average Bonchev–Trinajstić information content (AvgIpc) is 2.28. The predicted octanol–water partition coefficient (Wildman–Crippen LogP) is 4.21. The lowest BCUT2D eigenvalue weighted by molar-refractivity contribution is 0.0982. The first-order valence-corrected chi connectivity index (χ1v) is 10.4. The largest absolute Gasteiger partial charge is 0.396 e. The smallest absolute Gasteiger partial charge is 0.186 e. The molecule has 0 N–H and O–H groups in total. The maximum Gasteiger partial charge on any atom is 0.186 e. The van der Waals surface area contributed by atoms with Gasteiger partial charge in [-0.2, -0.15) is 5.26 Å². The molecule has 0 radical (unpaired) electrons. The standard InChI is InChI=1S/C16H23NOSi/c1-12-9-13(2)14-7-6-8-16(11-17,15(14)10-12)18-19(3,4)5/h9-10H,6-8H2,1-5H3. The van der Waals surface area contributed by atoms with Gasteiger partial charge in [0.25, 0.3) is 0 Å². The zero-order valence-corrected chi connectivity index (χ0v) is 13.6. The van der Waals surface area contributed by atoms with E-state index in [0.717, 1.165) is 24.8 Å². The average molecular weight is 273 g/mol. The summed E-state index contributed by atoms with van der Waals surface area (Å²) in [5.74, 6) is 0. The van der Waals surface area contributed by atoms with Crippen LogP contribution in [0.1, 0.15) is 35.1 Å². The molecule has 0 saturated heterocycles. The van der Waals surface area contributed by atoms with Crippen molar-refractivity contribution in [1.29, 1.82) is 5.26 Å². The summed E-state index contributed by atoms with van der Waals surface area (Å²) >= 11 is 0. The van der Waals surface area contributed by atoms with E-state index in [1.807, 2.05) is 0 Å². The second-order valence-corrected chi connectivity index (χ2v) is 11.0. The number of fused-ring (bicyclic) bond motifs is 1. The number of hydrogen-bond acceptors (Lipinski definition) is 2. The predicted molar refractivity (Wildman–Crippen MR) is 80.6 cm³/mol. The summed E-state index contributed by atoms with van der Waals surface area (Å²) in [6, 6.07) is 6.86. The van der Waals surface area contributed by atoms with Crippen molar-refractivity contribution >= 4 is 8.32 Å². The van der Waals surface area contributed by atoms with E-state index in [2.05, 4.69) is 51.7 Å². The van der Waals surface area contributed by atoms with Gasteiger partial charge in [-0.15, -0.1) is 0 Å². The van der Waals surface area contributed by atoms with E-state index >= 15 is 0 Å². The zero-order chi connectivity index (χ0) is 14.3. The molecule has 2 nitrogen and oxygen atoms in total. The Hall–Kier alpha value is -1.11. The molecular formula is C16H23NOSi. The first-order chi connectivity index (χ1) is 8.77. The fourth-order valence-corrected chi connectivity index (χ4v) is 4.41. The second-order valence-electron chi connectivity index (χ2n) is 6.61. The summed E-state index contributed by atoms with van der Waals surface area (Å²) in [5, 5.41) is 9.78. The third kappa shape index (κ3) is 2.75. The van der Waals surface area contributed by atoms with E-state index < -0.39 is 13.9 Å². The fraction of sp³-hybridized carbons (Fsp3) is 0.562. The molecule has 102 valence electrons. The van der Waals surface area contributed by atoms with Crippen LogP contribution in [-0.4, -0.2) is 8.32 Å². The van der Waals surface area contributed by atoms with Crippen molar-refractivity contribution < 1.29 is 4.43 Å². The molecule has 0 bridgehead atoms. The van der Waals surface area contributed by atoms with Crippen LogP contribution in [0.25, 0.3) is 0 Å². The van der Waals surface area contributed by atoms with E-state index in [-0.39, 0.29) is 0 Å². The molecule has 1 atom stereocenters. The number of hydrogen-bond donors (Lipinski definition) is 0. The molecule has 1 unspecified atom stereocenters. The van der Waals surface area contributed by atoms with E-state index in [1.165, 1.54) is 16.7 Å². The van der Waals surface area contributed by atoms with Gasteiger partial charge in [-0.1, -0.05) is 17.7 Å². The highest BCUT2D eigenvalue weighted by molar-refractivity contribution is 6.69. The Balaban J connectivity index is 2.60. The lowest BCUT2D eigenvalue weighted by atomic mass is 9.77. The van der Waals surface area contributed by atoms with Crippen molar-refractivity contribution in [3.63, 3.8) is 0 Å². The maximum atomic E-state index is 9.78. The second kappa shape index (κ2) is 4.77. The van der Waals surface area contributed by atoms with Crippen LogP contribution in [0.4, 0.5) is 0 Å². The van der Waals surface area contributed by atoms with Gasteiger partial charge in [-0.05, 0) is 63.9 Å². The molecule has 0 aromatic heterocycles. The molecule has 0 heterocycles. The van der Waals surface area contributed by atoms with Crippen LogP contribution >= 0.6 is 0 Å². The van der Waals surface area contributed by atoms with E-state index in [9.17, 15) is 5.26 Å². The van der Waals surface area contributed by atoms with Crippen LogP contribution in [0.2, 0.25) is 19.6 Å². The normalized spacial score (nSPS) is 22.7. The van der Waals surface area contributed by atoms with E-state index in [1.54, 1.807) is 0 Å². The Morgan fingerprint density at radius 2 is 1.95 bits per heavy atom. The Morgan fingerprint density at radius 3 is 2.53 bits per heavy atom.